The Kier molecular flexibility index (Phi) is 5.44. The van der Waals surface area contributed by atoms with E-state index in [1.807, 2.05) is 12.1 Å². The maximum Gasteiger partial charge on any atom is 0.254 e. The van der Waals surface area contributed by atoms with E-state index in [1.165, 1.54) is 24.3 Å². The minimum Gasteiger partial charge on any atom is -0.464 e. The van der Waals surface area contributed by atoms with Crippen molar-refractivity contribution in [3.05, 3.63) is 53.5 Å². The minimum absolute atomic E-state index is 0.143. The third-order valence-electron chi connectivity index (χ3n) is 4.70. The Balaban J connectivity index is 1.65. The van der Waals surface area contributed by atoms with Crippen molar-refractivity contribution in [2.24, 2.45) is 5.92 Å². The Hall–Kier alpha value is -2.12. The summed E-state index contributed by atoms with van der Waals surface area (Å²) < 4.78 is 32.7. The van der Waals surface area contributed by atoms with Gasteiger partial charge >= 0.3 is 0 Å². The molecule has 2 unspecified atom stereocenters. The van der Waals surface area contributed by atoms with Gasteiger partial charge in [-0.1, -0.05) is 6.92 Å². The largest absolute Gasteiger partial charge is 0.464 e. The van der Waals surface area contributed by atoms with Crippen molar-refractivity contribution in [1.29, 1.82) is 0 Å². The second-order valence-electron chi connectivity index (χ2n) is 7.59. The highest BCUT2D eigenvalue weighted by Crippen LogP contribution is 2.47. The number of carbonyl (C=O) groups is 1. The van der Waals surface area contributed by atoms with Gasteiger partial charge in [-0.25, -0.2) is 13.1 Å². The average molecular weight is 391 g/mol. The molecule has 1 heterocycles. The van der Waals surface area contributed by atoms with Gasteiger partial charge in [-0.05, 0) is 62.6 Å². The molecule has 0 spiro atoms. The zero-order valence-corrected chi connectivity index (χ0v) is 16.9. The molecular weight excluding hydrogens is 364 g/mol. The minimum atomic E-state index is -3.56. The van der Waals surface area contributed by atoms with Crippen molar-refractivity contribution in [3.8, 4) is 0 Å². The van der Waals surface area contributed by atoms with Gasteiger partial charge in [0.05, 0.1) is 11.4 Å². The highest BCUT2D eigenvalue weighted by molar-refractivity contribution is 7.89. The molecule has 1 amide bonds. The highest BCUT2D eigenvalue weighted by atomic mass is 32.2. The maximum absolute atomic E-state index is 12.6. The van der Waals surface area contributed by atoms with E-state index in [1.54, 1.807) is 25.8 Å². The molecule has 1 aliphatic rings. The van der Waals surface area contributed by atoms with Crippen LogP contribution in [0.2, 0.25) is 0 Å². The summed E-state index contributed by atoms with van der Waals surface area (Å²) in [4.78, 5) is 14.3. The molecule has 1 aliphatic carbocycles. The predicted octanol–water partition coefficient (Wildman–Crippen LogP) is 3.36. The van der Waals surface area contributed by atoms with Crippen LogP contribution in [0.15, 0.2) is 45.7 Å². The van der Waals surface area contributed by atoms with Crippen LogP contribution in [0.1, 0.15) is 55.0 Å². The Morgan fingerprint density at radius 1 is 1.22 bits per heavy atom. The molecule has 1 saturated carbocycles. The van der Waals surface area contributed by atoms with Crippen LogP contribution in [0, 0.1) is 5.92 Å². The lowest BCUT2D eigenvalue weighted by atomic mass is 10.2. The van der Waals surface area contributed by atoms with E-state index in [0.717, 1.165) is 17.9 Å². The molecule has 3 rings (SSSR count). The van der Waals surface area contributed by atoms with E-state index >= 15 is 0 Å². The van der Waals surface area contributed by atoms with Crippen molar-refractivity contribution < 1.29 is 17.6 Å². The predicted molar refractivity (Wildman–Crippen MR) is 103 cm³/mol. The van der Waals surface area contributed by atoms with Gasteiger partial charge in [-0.2, -0.15) is 0 Å². The molecule has 1 aromatic heterocycles. The Morgan fingerprint density at radius 2 is 1.85 bits per heavy atom. The fraction of sp³-hybridized carbons (Fsp3) is 0.450. The maximum atomic E-state index is 12.6. The summed E-state index contributed by atoms with van der Waals surface area (Å²) in [6.07, 6.45) is 1.16. The molecule has 7 heteroatoms. The van der Waals surface area contributed by atoms with Crippen LogP contribution < -0.4 is 4.72 Å². The number of sulfonamides is 1. The SMILES string of the molecule is CC(C)NS(=O)(=O)c1ccc(C(=O)N(C)Cc2ccc(C3CC3C)o2)cc1. The number of rotatable bonds is 7. The van der Waals surface area contributed by atoms with E-state index < -0.39 is 10.0 Å². The van der Waals surface area contributed by atoms with Gasteiger partial charge in [-0.3, -0.25) is 4.79 Å². The van der Waals surface area contributed by atoms with Crippen LogP contribution >= 0.6 is 0 Å². The Labute approximate surface area is 160 Å². The first-order valence-corrected chi connectivity index (χ1v) is 10.6. The van der Waals surface area contributed by atoms with E-state index in [-0.39, 0.29) is 16.8 Å². The lowest BCUT2D eigenvalue weighted by molar-refractivity contribution is 0.0774. The smallest absolute Gasteiger partial charge is 0.254 e. The molecular formula is C20H26N2O4S. The van der Waals surface area contributed by atoms with Gasteiger partial charge in [0, 0.05) is 24.6 Å². The molecule has 0 bridgehead atoms. The molecule has 0 saturated heterocycles. The zero-order valence-electron chi connectivity index (χ0n) is 16.1. The molecule has 2 atom stereocenters. The van der Waals surface area contributed by atoms with Crippen LogP contribution in [0.3, 0.4) is 0 Å². The number of hydrogen-bond donors (Lipinski definition) is 1. The number of benzene rings is 1. The van der Waals surface area contributed by atoms with Crippen molar-refractivity contribution in [3.63, 3.8) is 0 Å². The number of amides is 1. The number of nitrogens with one attached hydrogen (secondary N) is 1. The van der Waals surface area contributed by atoms with Gasteiger partial charge in [0.15, 0.2) is 0 Å². The normalized spacial score (nSPS) is 19.3. The van der Waals surface area contributed by atoms with Gasteiger partial charge in [0.1, 0.15) is 11.5 Å². The van der Waals surface area contributed by atoms with Gasteiger partial charge < -0.3 is 9.32 Å². The van der Waals surface area contributed by atoms with E-state index in [4.69, 9.17) is 4.42 Å². The van der Waals surface area contributed by atoms with E-state index in [9.17, 15) is 13.2 Å². The summed E-state index contributed by atoms with van der Waals surface area (Å²) in [5.41, 5.74) is 0.434. The molecule has 1 fully saturated rings. The molecule has 146 valence electrons. The molecule has 27 heavy (non-hydrogen) atoms. The van der Waals surface area contributed by atoms with Gasteiger partial charge in [0.25, 0.3) is 5.91 Å². The van der Waals surface area contributed by atoms with Crippen LogP contribution in [0.25, 0.3) is 0 Å². The van der Waals surface area contributed by atoms with Crippen molar-refractivity contribution >= 4 is 15.9 Å². The monoisotopic (exact) mass is 390 g/mol. The molecule has 0 radical (unpaired) electrons. The van der Waals surface area contributed by atoms with E-state index in [2.05, 4.69) is 11.6 Å². The average Bonchev–Trinajstić information content (AvgIpc) is 3.14. The summed E-state index contributed by atoms with van der Waals surface area (Å²) in [6.45, 7) is 6.08. The summed E-state index contributed by atoms with van der Waals surface area (Å²) in [7, 11) is -1.86. The fourth-order valence-corrected chi connectivity index (χ4v) is 4.33. The Bertz CT molecular complexity index is 916. The first-order chi connectivity index (χ1) is 12.7. The third kappa shape index (κ3) is 4.59. The number of carbonyl (C=O) groups excluding carboxylic acids is 1. The quantitative estimate of drug-likeness (QED) is 0.786. The fourth-order valence-electron chi connectivity index (χ4n) is 3.08. The summed E-state index contributed by atoms with van der Waals surface area (Å²) in [5.74, 6) is 2.73. The van der Waals surface area contributed by atoms with Crippen LogP contribution in [-0.4, -0.2) is 32.3 Å². The van der Waals surface area contributed by atoms with Crippen molar-refractivity contribution in [1.82, 2.24) is 9.62 Å². The second kappa shape index (κ2) is 7.48. The Morgan fingerprint density at radius 3 is 2.41 bits per heavy atom. The van der Waals surface area contributed by atoms with Gasteiger partial charge in [-0.15, -0.1) is 0 Å². The summed E-state index contributed by atoms with van der Waals surface area (Å²) in [6, 6.07) is 9.68. The van der Waals surface area contributed by atoms with Gasteiger partial charge in [0.2, 0.25) is 10.0 Å². The number of nitrogens with zero attached hydrogens (tertiary/aromatic N) is 1. The standard InChI is InChI=1S/C20H26N2O4S/c1-13(2)21-27(24,25)17-8-5-15(6-9-17)20(23)22(4)12-16-7-10-19(26-16)18-11-14(18)3/h5-10,13-14,18,21H,11-12H2,1-4H3. The third-order valence-corrected chi connectivity index (χ3v) is 6.37. The molecule has 0 aliphatic heterocycles. The number of hydrogen-bond acceptors (Lipinski definition) is 4. The van der Waals surface area contributed by atoms with Crippen LogP contribution in [0.5, 0.6) is 0 Å². The zero-order chi connectivity index (χ0) is 19.8. The van der Waals surface area contributed by atoms with E-state index in [0.29, 0.717) is 23.9 Å². The lowest BCUT2D eigenvalue weighted by Crippen LogP contribution is -2.30. The summed E-state index contributed by atoms with van der Waals surface area (Å²) >= 11 is 0. The topological polar surface area (TPSA) is 79.6 Å². The van der Waals surface area contributed by atoms with Crippen LogP contribution in [-0.2, 0) is 16.6 Å². The molecule has 1 N–H and O–H groups in total. The number of furan rings is 1. The highest BCUT2D eigenvalue weighted by Gasteiger charge is 2.36. The van der Waals surface area contributed by atoms with Crippen molar-refractivity contribution in [2.75, 3.05) is 7.05 Å². The van der Waals surface area contributed by atoms with Crippen LogP contribution in [0.4, 0.5) is 0 Å². The lowest BCUT2D eigenvalue weighted by Gasteiger charge is -2.16. The van der Waals surface area contributed by atoms with Crippen molar-refractivity contribution in [2.45, 2.75) is 50.6 Å². The molecule has 1 aromatic carbocycles. The molecule has 6 nitrogen and oxygen atoms in total. The second-order valence-corrected chi connectivity index (χ2v) is 9.30. The first-order valence-electron chi connectivity index (χ1n) is 9.14. The summed E-state index contributed by atoms with van der Waals surface area (Å²) in [5, 5.41) is 0. The first kappa shape index (κ1) is 19.6. The molecule has 2 aromatic rings.